The number of fused-ring (bicyclic) bond motifs is 1. The predicted molar refractivity (Wildman–Crippen MR) is 94.8 cm³/mol. The van der Waals surface area contributed by atoms with Gasteiger partial charge in [0.1, 0.15) is 0 Å². The third-order valence-corrected chi connectivity index (χ3v) is 6.08. The largest absolute Gasteiger partial charge is 0.377 e. The Balaban J connectivity index is 1.50. The van der Waals surface area contributed by atoms with Crippen LogP contribution in [-0.2, 0) is 4.74 Å². The van der Waals surface area contributed by atoms with Crippen LogP contribution in [0, 0.1) is 11.3 Å². The number of piperidine rings is 1. The minimum atomic E-state index is 0.198. The van der Waals surface area contributed by atoms with Gasteiger partial charge in [0, 0.05) is 50.2 Å². The van der Waals surface area contributed by atoms with Crippen LogP contribution >= 0.6 is 0 Å². The van der Waals surface area contributed by atoms with Crippen LogP contribution < -0.4 is 10.6 Å². The molecule has 2 heterocycles. The Morgan fingerprint density at radius 1 is 1.22 bits per heavy atom. The summed E-state index contributed by atoms with van der Waals surface area (Å²) in [6.45, 7) is 11.4. The second-order valence-electron chi connectivity index (χ2n) is 8.02. The second kappa shape index (κ2) is 6.98. The van der Waals surface area contributed by atoms with E-state index < -0.39 is 0 Å². The van der Waals surface area contributed by atoms with Crippen molar-refractivity contribution in [3.63, 3.8) is 0 Å². The molecule has 1 aliphatic carbocycles. The monoisotopic (exact) mass is 322 g/mol. The molecule has 132 valence electrons. The predicted octanol–water partition coefficient (Wildman–Crippen LogP) is 1.84. The normalized spacial score (nSPS) is 34.8. The van der Waals surface area contributed by atoms with Gasteiger partial charge in [-0.05, 0) is 32.2 Å². The summed E-state index contributed by atoms with van der Waals surface area (Å²) in [6, 6.07) is 1.02. The van der Waals surface area contributed by atoms with E-state index in [2.05, 4.69) is 41.3 Å². The molecule has 2 saturated heterocycles. The summed E-state index contributed by atoms with van der Waals surface area (Å²) in [4.78, 5) is 7.05. The van der Waals surface area contributed by atoms with Gasteiger partial charge in [-0.25, -0.2) is 0 Å². The van der Waals surface area contributed by atoms with Crippen LogP contribution in [0.4, 0.5) is 0 Å². The maximum atomic E-state index is 5.89. The Kier molecular flexibility index (Phi) is 5.16. The van der Waals surface area contributed by atoms with E-state index in [4.69, 9.17) is 4.74 Å². The first-order valence-corrected chi connectivity index (χ1v) is 9.40. The standard InChI is InChI=1S/C18H34N4O/c1-5-9-22-10-6-13(7-11-22)20-17(19-4)21-15-14-8-12-23-16(14)18(15,2)3/h13-16H,5-12H2,1-4H3,(H2,19,20,21). The average molecular weight is 322 g/mol. The van der Waals surface area contributed by atoms with Crippen LogP contribution in [-0.4, -0.2) is 62.3 Å². The molecule has 5 nitrogen and oxygen atoms in total. The van der Waals surface area contributed by atoms with Crippen molar-refractivity contribution in [2.24, 2.45) is 16.3 Å². The zero-order valence-electron chi connectivity index (χ0n) is 15.3. The van der Waals surface area contributed by atoms with E-state index in [1.807, 2.05) is 7.05 Å². The molecule has 2 aliphatic heterocycles. The molecule has 2 N–H and O–H groups in total. The van der Waals surface area contributed by atoms with Crippen molar-refractivity contribution in [3.8, 4) is 0 Å². The lowest BCUT2D eigenvalue weighted by Gasteiger charge is -2.55. The summed E-state index contributed by atoms with van der Waals surface area (Å²) >= 11 is 0. The van der Waals surface area contributed by atoms with Crippen LogP contribution in [0.1, 0.15) is 46.5 Å². The first-order chi connectivity index (χ1) is 11.1. The zero-order chi connectivity index (χ0) is 16.4. The minimum Gasteiger partial charge on any atom is -0.377 e. The van der Waals surface area contributed by atoms with Gasteiger partial charge in [0.2, 0.25) is 0 Å². The van der Waals surface area contributed by atoms with Crippen molar-refractivity contribution in [2.45, 2.75) is 64.6 Å². The molecular formula is C18H34N4O. The third kappa shape index (κ3) is 3.36. The topological polar surface area (TPSA) is 48.9 Å². The van der Waals surface area contributed by atoms with Crippen LogP contribution in [0.15, 0.2) is 4.99 Å². The highest BCUT2D eigenvalue weighted by Gasteiger charge is 2.59. The number of rotatable bonds is 4. The Bertz CT molecular complexity index is 429. The second-order valence-corrected chi connectivity index (χ2v) is 8.02. The molecule has 3 atom stereocenters. The minimum absolute atomic E-state index is 0.198. The van der Waals surface area contributed by atoms with Gasteiger partial charge in [-0.1, -0.05) is 20.8 Å². The third-order valence-electron chi connectivity index (χ3n) is 6.08. The highest BCUT2D eigenvalue weighted by Crippen LogP contribution is 2.52. The lowest BCUT2D eigenvalue weighted by Crippen LogP contribution is -2.68. The number of hydrogen-bond acceptors (Lipinski definition) is 3. The van der Waals surface area contributed by atoms with Crippen LogP contribution in [0.3, 0.4) is 0 Å². The van der Waals surface area contributed by atoms with Crippen LogP contribution in [0.5, 0.6) is 0 Å². The molecule has 0 bridgehead atoms. The van der Waals surface area contributed by atoms with E-state index >= 15 is 0 Å². The van der Waals surface area contributed by atoms with Gasteiger partial charge < -0.3 is 20.3 Å². The van der Waals surface area contributed by atoms with Gasteiger partial charge in [0.15, 0.2) is 5.96 Å². The van der Waals surface area contributed by atoms with Gasteiger partial charge in [-0.15, -0.1) is 0 Å². The highest BCUT2D eigenvalue weighted by molar-refractivity contribution is 5.80. The Hall–Kier alpha value is -0.810. The van der Waals surface area contributed by atoms with Crippen LogP contribution in [0.2, 0.25) is 0 Å². The summed E-state index contributed by atoms with van der Waals surface area (Å²) in [5.74, 6) is 1.62. The van der Waals surface area contributed by atoms with E-state index in [1.54, 1.807) is 0 Å². The molecule has 3 rings (SSSR count). The molecule has 0 aromatic heterocycles. The van der Waals surface area contributed by atoms with E-state index in [-0.39, 0.29) is 5.41 Å². The molecule has 0 radical (unpaired) electrons. The van der Waals surface area contributed by atoms with Crippen molar-refractivity contribution >= 4 is 5.96 Å². The number of likely N-dealkylation sites (tertiary alicyclic amines) is 1. The fourth-order valence-electron chi connectivity index (χ4n) is 4.75. The molecule has 23 heavy (non-hydrogen) atoms. The first-order valence-electron chi connectivity index (χ1n) is 9.40. The fourth-order valence-corrected chi connectivity index (χ4v) is 4.75. The highest BCUT2D eigenvalue weighted by atomic mass is 16.5. The average Bonchev–Trinajstić information content (AvgIpc) is 3.00. The zero-order valence-corrected chi connectivity index (χ0v) is 15.3. The lowest BCUT2D eigenvalue weighted by atomic mass is 9.57. The first kappa shape index (κ1) is 17.0. The van der Waals surface area contributed by atoms with Crippen molar-refractivity contribution in [3.05, 3.63) is 0 Å². The molecule has 3 aliphatic rings. The summed E-state index contributed by atoms with van der Waals surface area (Å²) in [5.41, 5.74) is 0.198. The van der Waals surface area contributed by atoms with Gasteiger partial charge in [-0.3, -0.25) is 4.99 Å². The van der Waals surface area contributed by atoms with E-state index in [9.17, 15) is 0 Å². The van der Waals surface area contributed by atoms with E-state index in [0.717, 1.165) is 12.6 Å². The summed E-state index contributed by atoms with van der Waals surface area (Å²) < 4.78 is 5.89. The van der Waals surface area contributed by atoms with Crippen molar-refractivity contribution in [2.75, 3.05) is 33.3 Å². The molecule has 0 aromatic rings. The number of nitrogens with zero attached hydrogens (tertiary/aromatic N) is 2. The van der Waals surface area contributed by atoms with Gasteiger partial charge in [0.05, 0.1) is 6.10 Å². The molecule has 0 amide bonds. The van der Waals surface area contributed by atoms with E-state index in [0.29, 0.717) is 24.1 Å². The maximum Gasteiger partial charge on any atom is 0.191 e. The molecule has 0 spiro atoms. The van der Waals surface area contributed by atoms with Gasteiger partial charge in [-0.2, -0.15) is 0 Å². The van der Waals surface area contributed by atoms with Gasteiger partial charge in [0.25, 0.3) is 0 Å². The Morgan fingerprint density at radius 3 is 2.61 bits per heavy atom. The lowest BCUT2D eigenvalue weighted by molar-refractivity contribution is -0.106. The maximum absolute atomic E-state index is 5.89. The quantitative estimate of drug-likeness (QED) is 0.612. The molecule has 1 saturated carbocycles. The number of aliphatic imine (C=N–C) groups is 1. The summed E-state index contributed by atoms with van der Waals surface area (Å²) in [6.07, 6.45) is 5.28. The van der Waals surface area contributed by atoms with Crippen molar-refractivity contribution < 1.29 is 4.74 Å². The smallest absolute Gasteiger partial charge is 0.191 e. The molecule has 0 aromatic carbocycles. The van der Waals surface area contributed by atoms with Crippen molar-refractivity contribution in [1.29, 1.82) is 0 Å². The molecule has 3 fully saturated rings. The number of nitrogens with one attached hydrogen (secondary N) is 2. The van der Waals surface area contributed by atoms with Crippen molar-refractivity contribution in [1.82, 2.24) is 15.5 Å². The van der Waals surface area contributed by atoms with Gasteiger partial charge >= 0.3 is 0 Å². The molecule has 5 heteroatoms. The Labute approximate surface area is 141 Å². The summed E-state index contributed by atoms with van der Waals surface area (Å²) in [5, 5.41) is 7.35. The van der Waals surface area contributed by atoms with Crippen LogP contribution in [0.25, 0.3) is 0 Å². The number of hydrogen-bond donors (Lipinski definition) is 2. The molecule has 3 unspecified atom stereocenters. The summed E-state index contributed by atoms with van der Waals surface area (Å²) in [7, 11) is 1.88. The number of guanidine groups is 1. The Morgan fingerprint density at radius 2 is 1.96 bits per heavy atom. The molecular weight excluding hydrogens is 288 g/mol. The van der Waals surface area contributed by atoms with E-state index in [1.165, 1.54) is 45.3 Å². The number of ether oxygens (including phenoxy) is 1. The SMILES string of the molecule is CCCN1CCC(NC(=NC)NC2C3CCOC3C2(C)C)CC1. The fraction of sp³-hybridized carbons (Fsp3) is 0.944.